The molecule has 0 aliphatic heterocycles. The summed E-state index contributed by atoms with van der Waals surface area (Å²) >= 11 is 0. The van der Waals surface area contributed by atoms with Gasteiger partial charge >= 0.3 is 5.97 Å². The maximum absolute atomic E-state index is 11.5. The molecule has 0 aliphatic carbocycles. The minimum Gasteiger partial charge on any atom is -0.456 e. The highest BCUT2D eigenvalue weighted by molar-refractivity contribution is 5.87. The summed E-state index contributed by atoms with van der Waals surface area (Å²) in [5.41, 5.74) is 1.76. The summed E-state index contributed by atoms with van der Waals surface area (Å²) in [5.74, 6) is -0.369. The van der Waals surface area contributed by atoms with Crippen LogP contribution in [0, 0.1) is 0 Å². The van der Waals surface area contributed by atoms with Crippen LogP contribution in [0.15, 0.2) is 36.4 Å². The number of hydrogen-bond acceptors (Lipinski definition) is 3. The van der Waals surface area contributed by atoms with Gasteiger partial charge in [-0.15, -0.1) is 0 Å². The Morgan fingerprint density at radius 2 is 1.78 bits per heavy atom. The fourth-order valence-electron chi connectivity index (χ4n) is 1.63. The number of carbonyl (C=O) groups excluding carboxylic acids is 1. The summed E-state index contributed by atoms with van der Waals surface area (Å²) in [7, 11) is 0. The molecular formula is C15H20O3. The van der Waals surface area contributed by atoms with Crippen molar-refractivity contribution in [1.29, 1.82) is 0 Å². The summed E-state index contributed by atoms with van der Waals surface area (Å²) in [5, 5.41) is 8.96. The molecule has 0 amide bonds. The second-order valence-electron chi connectivity index (χ2n) is 5.08. The maximum Gasteiger partial charge on any atom is 0.333 e. The first-order chi connectivity index (χ1) is 8.34. The number of hydrogen-bond donors (Lipinski definition) is 1. The van der Waals surface area contributed by atoms with Crippen molar-refractivity contribution in [3.05, 3.63) is 47.5 Å². The first-order valence-corrected chi connectivity index (χ1v) is 5.91. The third-order valence-corrected chi connectivity index (χ3v) is 2.55. The molecule has 1 rings (SSSR count). The minimum absolute atomic E-state index is 0.0360. The zero-order chi connectivity index (χ0) is 13.8. The molecule has 1 aromatic carbocycles. The monoisotopic (exact) mass is 248 g/mol. The fourth-order valence-corrected chi connectivity index (χ4v) is 1.63. The zero-order valence-corrected chi connectivity index (χ0v) is 11.2. The number of ether oxygens (including phenoxy) is 1. The highest BCUT2D eigenvalue weighted by Crippen LogP contribution is 2.19. The van der Waals surface area contributed by atoms with E-state index in [4.69, 9.17) is 9.84 Å². The van der Waals surface area contributed by atoms with Gasteiger partial charge in [0.05, 0.1) is 6.61 Å². The molecule has 0 fully saturated rings. The lowest BCUT2D eigenvalue weighted by Gasteiger charge is -2.25. The minimum atomic E-state index is -0.573. The van der Waals surface area contributed by atoms with Gasteiger partial charge in [0.25, 0.3) is 0 Å². The summed E-state index contributed by atoms with van der Waals surface area (Å²) in [6.07, 6.45) is 0.623. The van der Waals surface area contributed by atoms with Crippen LogP contribution < -0.4 is 0 Å². The Hall–Kier alpha value is -1.61. The van der Waals surface area contributed by atoms with E-state index in [0.717, 1.165) is 11.1 Å². The van der Waals surface area contributed by atoms with Gasteiger partial charge in [0.1, 0.15) is 5.60 Å². The third kappa shape index (κ3) is 4.34. The smallest absolute Gasteiger partial charge is 0.333 e. The van der Waals surface area contributed by atoms with Gasteiger partial charge in [-0.3, -0.25) is 0 Å². The van der Waals surface area contributed by atoms with Crippen molar-refractivity contribution in [3.8, 4) is 0 Å². The lowest BCUT2D eigenvalue weighted by atomic mass is 9.97. The number of carbonyl (C=O) groups is 1. The Kier molecular flexibility index (Phi) is 4.68. The molecule has 0 saturated carbocycles. The molecule has 3 nitrogen and oxygen atoms in total. The normalized spacial score (nSPS) is 11.1. The Morgan fingerprint density at radius 3 is 2.22 bits per heavy atom. The second kappa shape index (κ2) is 5.83. The Labute approximate surface area is 108 Å². The van der Waals surface area contributed by atoms with E-state index in [1.54, 1.807) is 6.92 Å². The first-order valence-electron chi connectivity index (χ1n) is 5.91. The summed E-state index contributed by atoms with van der Waals surface area (Å²) in [6, 6.07) is 7.60. The van der Waals surface area contributed by atoms with E-state index in [1.165, 1.54) is 0 Å². The maximum atomic E-state index is 11.5. The van der Waals surface area contributed by atoms with E-state index in [2.05, 4.69) is 6.58 Å². The molecule has 0 heterocycles. The Bertz CT molecular complexity index is 430. The summed E-state index contributed by atoms with van der Waals surface area (Å²) in [6.45, 7) is 8.97. The number of rotatable bonds is 5. The molecule has 0 aliphatic rings. The quantitative estimate of drug-likeness (QED) is 0.643. The molecule has 0 bridgehead atoms. The predicted octanol–water partition coefficient (Wildman–Crippen LogP) is 2.62. The lowest BCUT2D eigenvalue weighted by molar-refractivity contribution is -0.151. The lowest BCUT2D eigenvalue weighted by Crippen LogP contribution is -2.30. The van der Waals surface area contributed by atoms with Gasteiger partial charge in [-0.05, 0) is 31.9 Å². The van der Waals surface area contributed by atoms with Crippen molar-refractivity contribution in [2.75, 3.05) is 0 Å². The molecule has 0 saturated heterocycles. The van der Waals surface area contributed by atoms with Crippen molar-refractivity contribution in [2.45, 2.75) is 39.4 Å². The average Bonchev–Trinajstić information content (AvgIpc) is 2.28. The second-order valence-corrected chi connectivity index (χ2v) is 5.08. The van der Waals surface area contributed by atoms with E-state index >= 15 is 0 Å². The molecule has 0 radical (unpaired) electrons. The Morgan fingerprint density at radius 1 is 1.28 bits per heavy atom. The van der Waals surface area contributed by atoms with Gasteiger partial charge in [-0.2, -0.15) is 0 Å². The van der Waals surface area contributed by atoms with Crippen molar-refractivity contribution in [2.24, 2.45) is 0 Å². The van der Waals surface area contributed by atoms with Crippen molar-refractivity contribution in [1.82, 2.24) is 0 Å². The van der Waals surface area contributed by atoms with Gasteiger partial charge < -0.3 is 9.84 Å². The van der Waals surface area contributed by atoms with Crippen LogP contribution in [-0.4, -0.2) is 16.7 Å². The van der Waals surface area contributed by atoms with E-state index in [9.17, 15) is 4.79 Å². The van der Waals surface area contributed by atoms with Gasteiger partial charge in [-0.25, -0.2) is 4.79 Å². The van der Waals surface area contributed by atoms with Crippen LogP contribution in [0.2, 0.25) is 0 Å². The molecule has 0 atom stereocenters. The number of aliphatic hydroxyl groups excluding tert-OH is 1. The standard InChI is InChI=1S/C15H20O3/c1-11(2)14(17)18-15(3,4)9-12-5-7-13(10-16)8-6-12/h5-8,16H,1,9-10H2,2-4H3. The molecule has 18 heavy (non-hydrogen) atoms. The zero-order valence-electron chi connectivity index (χ0n) is 11.2. The van der Waals surface area contributed by atoms with E-state index < -0.39 is 5.60 Å². The highest BCUT2D eigenvalue weighted by atomic mass is 16.6. The van der Waals surface area contributed by atoms with Gasteiger partial charge in [-0.1, -0.05) is 30.8 Å². The van der Waals surface area contributed by atoms with Crippen molar-refractivity contribution in [3.63, 3.8) is 0 Å². The third-order valence-electron chi connectivity index (χ3n) is 2.55. The van der Waals surface area contributed by atoms with Crippen LogP contribution in [0.1, 0.15) is 31.9 Å². The van der Waals surface area contributed by atoms with Gasteiger partial charge in [0, 0.05) is 12.0 Å². The summed E-state index contributed by atoms with van der Waals surface area (Å²) < 4.78 is 5.37. The molecule has 0 spiro atoms. The number of benzene rings is 1. The molecule has 3 heteroatoms. The highest BCUT2D eigenvalue weighted by Gasteiger charge is 2.23. The first kappa shape index (κ1) is 14.5. The van der Waals surface area contributed by atoms with Crippen LogP contribution in [0.25, 0.3) is 0 Å². The van der Waals surface area contributed by atoms with Crippen LogP contribution in [0.4, 0.5) is 0 Å². The molecule has 1 N–H and O–H groups in total. The molecule has 98 valence electrons. The van der Waals surface area contributed by atoms with Crippen LogP contribution >= 0.6 is 0 Å². The molecular weight excluding hydrogens is 228 g/mol. The van der Waals surface area contributed by atoms with Gasteiger partial charge in [0.15, 0.2) is 0 Å². The summed E-state index contributed by atoms with van der Waals surface area (Å²) in [4.78, 5) is 11.5. The van der Waals surface area contributed by atoms with Crippen LogP contribution in [-0.2, 0) is 22.6 Å². The SMILES string of the molecule is C=C(C)C(=O)OC(C)(C)Cc1ccc(CO)cc1. The number of esters is 1. The number of aliphatic hydroxyl groups is 1. The van der Waals surface area contributed by atoms with E-state index in [-0.39, 0.29) is 12.6 Å². The topological polar surface area (TPSA) is 46.5 Å². The molecule has 0 aromatic heterocycles. The van der Waals surface area contributed by atoms with Crippen LogP contribution in [0.3, 0.4) is 0 Å². The van der Waals surface area contributed by atoms with E-state index in [1.807, 2.05) is 38.1 Å². The predicted molar refractivity (Wildman–Crippen MR) is 71.1 cm³/mol. The van der Waals surface area contributed by atoms with E-state index in [0.29, 0.717) is 12.0 Å². The molecule has 1 aromatic rings. The van der Waals surface area contributed by atoms with Crippen molar-refractivity contribution < 1.29 is 14.6 Å². The Balaban J connectivity index is 2.69. The largest absolute Gasteiger partial charge is 0.456 e. The average molecular weight is 248 g/mol. The van der Waals surface area contributed by atoms with Crippen LogP contribution in [0.5, 0.6) is 0 Å². The fraction of sp³-hybridized carbons (Fsp3) is 0.400. The van der Waals surface area contributed by atoms with Gasteiger partial charge in [0.2, 0.25) is 0 Å². The molecule has 0 unspecified atom stereocenters. The van der Waals surface area contributed by atoms with Crippen molar-refractivity contribution >= 4 is 5.97 Å².